The number of halogens is 1. The van der Waals surface area contributed by atoms with Gasteiger partial charge in [0.05, 0.1) is 6.54 Å². The number of nitrogens with zero attached hydrogens (tertiary/aromatic N) is 1. The minimum Gasteiger partial charge on any atom is -0.451 e. The Labute approximate surface area is 220 Å². The molecule has 2 N–H and O–H groups in total. The molecular weight excluding hydrogens is 513 g/mol. The largest absolute Gasteiger partial charge is 0.451 e. The molecule has 202 valence electrons. The molecule has 0 aliphatic carbocycles. The van der Waals surface area contributed by atoms with Crippen LogP contribution < -0.4 is 10.6 Å². The number of hydrogen-bond acceptors (Lipinski definition) is 7. The van der Waals surface area contributed by atoms with Crippen molar-refractivity contribution < 1.29 is 31.6 Å². The number of amides is 2. The van der Waals surface area contributed by atoms with Crippen LogP contribution in [-0.2, 0) is 19.6 Å². The molecule has 1 aromatic heterocycles. The first-order chi connectivity index (χ1) is 18.1. The molecular formula is C27H30FN3O6S. The Morgan fingerprint density at radius 3 is 2.58 bits per heavy atom. The lowest BCUT2D eigenvalue weighted by Gasteiger charge is -2.33. The summed E-state index contributed by atoms with van der Waals surface area (Å²) in [5.74, 6) is -3.46. The lowest BCUT2D eigenvalue weighted by atomic mass is 10.0. The summed E-state index contributed by atoms with van der Waals surface area (Å²) >= 11 is 0. The molecule has 2 atom stereocenters. The maximum Gasteiger partial charge on any atom is 0.287 e. The van der Waals surface area contributed by atoms with E-state index in [1.807, 2.05) is 13.8 Å². The van der Waals surface area contributed by atoms with Gasteiger partial charge in [-0.1, -0.05) is 44.2 Å². The molecule has 0 spiro atoms. The predicted octanol–water partition coefficient (Wildman–Crippen LogP) is 3.26. The third kappa shape index (κ3) is 5.78. The van der Waals surface area contributed by atoms with Crippen LogP contribution in [0.15, 0.2) is 63.9 Å². The van der Waals surface area contributed by atoms with Crippen LogP contribution in [0.5, 0.6) is 0 Å². The van der Waals surface area contributed by atoms with Crippen LogP contribution in [-0.4, -0.2) is 55.5 Å². The van der Waals surface area contributed by atoms with Crippen molar-refractivity contribution in [3.05, 3.63) is 66.2 Å². The van der Waals surface area contributed by atoms with E-state index in [4.69, 9.17) is 4.42 Å². The van der Waals surface area contributed by atoms with Gasteiger partial charge in [-0.05, 0) is 56.0 Å². The van der Waals surface area contributed by atoms with Crippen molar-refractivity contribution in [2.24, 2.45) is 5.92 Å². The first kappa shape index (κ1) is 27.5. The lowest BCUT2D eigenvalue weighted by Crippen LogP contribution is -2.56. The Bertz CT molecular complexity index is 1420. The van der Waals surface area contributed by atoms with E-state index in [-0.39, 0.29) is 31.1 Å². The summed E-state index contributed by atoms with van der Waals surface area (Å²) in [6.45, 7) is 3.94. The van der Waals surface area contributed by atoms with Crippen LogP contribution in [0, 0.1) is 11.7 Å². The average molecular weight is 544 g/mol. The van der Waals surface area contributed by atoms with Gasteiger partial charge in [-0.25, -0.2) is 17.1 Å². The highest BCUT2D eigenvalue weighted by atomic mass is 32.2. The fraction of sp³-hybridized carbons (Fsp3) is 0.370. The number of carbonyl (C=O) groups is 3. The van der Waals surface area contributed by atoms with Gasteiger partial charge in [0.2, 0.25) is 0 Å². The van der Waals surface area contributed by atoms with Crippen LogP contribution >= 0.6 is 0 Å². The number of fused-ring (bicyclic) bond motifs is 1. The molecule has 11 heteroatoms. The van der Waals surface area contributed by atoms with E-state index < -0.39 is 50.4 Å². The number of sulfonamides is 1. The summed E-state index contributed by atoms with van der Waals surface area (Å²) < 4.78 is 48.3. The second-order valence-corrected chi connectivity index (χ2v) is 11.5. The van der Waals surface area contributed by atoms with Gasteiger partial charge in [-0.15, -0.1) is 0 Å². The Morgan fingerprint density at radius 1 is 1.16 bits per heavy atom. The van der Waals surface area contributed by atoms with E-state index >= 15 is 0 Å². The SMILES string of the molecule is CC(C)CC(NC(=O)c1cc2ccccc2o1)C(=O)N([C@H]1CCCNCC1=O)S(=O)(=O)c1ccccc1F. The van der Waals surface area contributed by atoms with Gasteiger partial charge < -0.3 is 15.1 Å². The van der Waals surface area contributed by atoms with E-state index in [0.717, 1.165) is 12.1 Å². The van der Waals surface area contributed by atoms with Crippen LogP contribution in [0.1, 0.15) is 43.7 Å². The van der Waals surface area contributed by atoms with Gasteiger partial charge in [0, 0.05) is 5.39 Å². The van der Waals surface area contributed by atoms with Crippen LogP contribution in [0.3, 0.4) is 0 Å². The molecule has 3 aromatic rings. The molecule has 2 amide bonds. The normalized spacial score (nSPS) is 17.3. The Hall–Kier alpha value is -3.57. The smallest absolute Gasteiger partial charge is 0.287 e. The molecule has 1 unspecified atom stereocenters. The topological polar surface area (TPSA) is 126 Å². The third-order valence-electron chi connectivity index (χ3n) is 6.34. The molecule has 2 heterocycles. The number of nitrogens with one attached hydrogen (secondary N) is 2. The number of Topliss-reactive ketones (excluding diaryl/α,β-unsaturated/α-hetero) is 1. The fourth-order valence-electron chi connectivity index (χ4n) is 4.53. The summed E-state index contributed by atoms with van der Waals surface area (Å²) in [6.07, 6.45) is 0.567. The third-order valence-corrected chi connectivity index (χ3v) is 8.17. The molecule has 9 nitrogen and oxygen atoms in total. The Kier molecular flexibility index (Phi) is 8.27. The van der Waals surface area contributed by atoms with Crippen molar-refractivity contribution in [1.29, 1.82) is 0 Å². The van der Waals surface area contributed by atoms with Gasteiger partial charge in [-0.3, -0.25) is 14.4 Å². The predicted molar refractivity (Wildman–Crippen MR) is 138 cm³/mol. The maximum absolute atomic E-state index is 14.7. The average Bonchev–Trinajstić information content (AvgIpc) is 3.21. The monoisotopic (exact) mass is 543 g/mol. The molecule has 1 saturated heterocycles. The van der Waals surface area contributed by atoms with Crippen molar-refractivity contribution in [3.8, 4) is 0 Å². The zero-order valence-electron chi connectivity index (χ0n) is 21.1. The van der Waals surface area contributed by atoms with Crippen molar-refractivity contribution in [3.63, 3.8) is 0 Å². The second kappa shape index (κ2) is 11.4. The highest BCUT2D eigenvalue weighted by Crippen LogP contribution is 2.27. The van der Waals surface area contributed by atoms with Crippen molar-refractivity contribution in [2.75, 3.05) is 13.1 Å². The minimum atomic E-state index is -4.80. The van der Waals surface area contributed by atoms with E-state index in [2.05, 4.69) is 10.6 Å². The van der Waals surface area contributed by atoms with E-state index in [1.165, 1.54) is 18.2 Å². The quantitative estimate of drug-likeness (QED) is 0.447. The zero-order chi connectivity index (χ0) is 27.4. The zero-order valence-corrected chi connectivity index (χ0v) is 22.0. The number of para-hydroxylation sites is 1. The van der Waals surface area contributed by atoms with Gasteiger partial charge in [-0.2, -0.15) is 0 Å². The van der Waals surface area contributed by atoms with E-state index in [1.54, 1.807) is 24.3 Å². The molecule has 1 fully saturated rings. The van der Waals surface area contributed by atoms with E-state index in [0.29, 0.717) is 28.2 Å². The second-order valence-electron chi connectivity index (χ2n) is 9.67. The highest BCUT2D eigenvalue weighted by Gasteiger charge is 2.43. The Morgan fingerprint density at radius 2 is 1.87 bits per heavy atom. The highest BCUT2D eigenvalue weighted by molar-refractivity contribution is 7.89. The molecule has 1 aliphatic heterocycles. The molecule has 0 radical (unpaired) electrons. The molecule has 4 rings (SSSR count). The van der Waals surface area contributed by atoms with Crippen LogP contribution in [0.4, 0.5) is 4.39 Å². The number of carbonyl (C=O) groups excluding carboxylic acids is 3. The standard InChI is InChI=1S/C27H30FN3O6S/c1-17(2)14-20(30-26(33)24-15-18-8-3-5-11-23(18)37-24)27(34)31(21-10-7-13-29-16-22(21)32)38(35,36)25-12-6-4-9-19(25)28/h3-6,8-9,11-12,15,17,20-21,29H,7,10,13-14,16H2,1-2H3,(H,30,33)/t20?,21-/m0/s1. The van der Waals surface area contributed by atoms with Gasteiger partial charge >= 0.3 is 0 Å². The minimum absolute atomic E-state index is 0.0500. The molecule has 2 aromatic carbocycles. The van der Waals surface area contributed by atoms with Gasteiger partial charge in [0.15, 0.2) is 11.5 Å². The van der Waals surface area contributed by atoms with Crippen molar-refractivity contribution in [1.82, 2.24) is 14.9 Å². The summed E-state index contributed by atoms with van der Waals surface area (Å²) in [7, 11) is -4.80. The van der Waals surface area contributed by atoms with Crippen molar-refractivity contribution in [2.45, 2.75) is 50.1 Å². The summed E-state index contributed by atoms with van der Waals surface area (Å²) in [5.41, 5.74) is 0.477. The van der Waals surface area contributed by atoms with Crippen LogP contribution in [0.2, 0.25) is 0 Å². The number of hydrogen-bond donors (Lipinski definition) is 2. The number of furan rings is 1. The fourth-order valence-corrected chi connectivity index (χ4v) is 6.23. The molecule has 1 aliphatic rings. The molecule has 0 bridgehead atoms. The first-order valence-corrected chi connectivity index (χ1v) is 13.9. The first-order valence-electron chi connectivity index (χ1n) is 12.4. The number of ketones is 1. The maximum atomic E-state index is 14.7. The number of rotatable bonds is 8. The summed E-state index contributed by atoms with van der Waals surface area (Å²) in [4.78, 5) is 39.4. The summed E-state index contributed by atoms with van der Waals surface area (Å²) in [5, 5.41) is 6.20. The molecule has 38 heavy (non-hydrogen) atoms. The van der Waals surface area contributed by atoms with Gasteiger partial charge in [0.25, 0.3) is 21.8 Å². The van der Waals surface area contributed by atoms with Gasteiger partial charge in [0.1, 0.15) is 28.4 Å². The lowest BCUT2D eigenvalue weighted by molar-refractivity contribution is -0.135. The Balaban J connectivity index is 1.74. The van der Waals surface area contributed by atoms with Crippen molar-refractivity contribution >= 4 is 38.6 Å². The molecule has 0 saturated carbocycles. The summed E-state index contributed by atoms with van der Waals surface area (Å²) in [6, 6.07) is 10.5. The number of benzene rings is 2. The van der Waals surface area contributed by atoms with Crippen LogP contribution in [0.25, 0.3) is 11.0 Å². The van der Waals surface area contributed by atoms with E-state index in [9.17, 15) is 27.2 Å².